The number of nitrogens with zero attached hydrogens (tertiary/aromatic N) is 2. The van der Waals surface area contributed by atoms with Crippen molar-refractivity contribution in [1.82, 2.24) is 4.98 Å². The van der Waals surface area contributed by atoms with E-state index in [-0.39, 0.29) is 0 Å². The minimum Gasteiger partial charge on any atom is -0.246 e. The molecular weight excluding hydrogens is 444 g/mol. The lowest BCUT2D eigenvalue weighted by atomic mass is 9.92. The summed E-state index contributed by atoms with van der Waals surface area (Å²) >= 11 is 1.68. The zero-order valence-electron chi connectivity index (χ0n) is 21.6. The standard InChI is InChI=1S/C32H36N2S/c1-6-7-12-24-17-19-25(20-18-24)30(29-21-35-32(33-29)26-13-9-8-10-14-26)34-31-27(22(2)3)15-11-16-28(31)23(4)5/h8-11,13-23H,6-7,12H2,1-5H3/b34-30+. The van der Waals surface area contributed by atoms with Crippen LogP contribution in [0.25, 0.3) is 10.6 Å². The van der Waals surface area contributed by atoms with Crippen LogP contribution in [0.2, 0.25) is 0 Å². The summed E-state index contributed by atoms with van der Waals surface area (Å²) in [5.74, 6) is 0.779. The number of benzene rings is 3. The molecule has 1 aromatic heterocycles. The number of aliphatic imine (C=N–C) groups is 1. The number of para-hydroxylation sites is 1. The van der Waals surface area contributed by atoms with Crippen LogP contribution in [-0.2, 0) is 6.42 Å². The van der Waals surface area contributed by atoms with Gasteiger partial charge in [-0.1, -0.05) is 114 Å². The van der Waals surface area contributed by atoms with E-state index in [0.29, 0.717) is 11.8 Å². The second kappa shape index (κ2) is 11.6. The van der Waals surface area contributed by atoms with Crippen LogP contribution < -0.4 is 0 Å². The van der Waals surface area contributed by atoms with Crippen LogP contribution in [0, 0.1) is 0 Å². The molecule has 3 heteroatoms. The molecular formula is C32H36N2S. The Morgan fingerprint density at radius 2 is 1.49 bits per heavy atom. The molecule has 1 heterocycles. The van der Waals surface area contributed by atoms with E-state index >= 15 is 0 Å². The fraction of sp³-hybridized carbons (Fsp3) is 0.312. The first-order chi connectivity index (χ1) is 17.0. The summed E-state index contributed by atoms with van der Waals surface area (Å²) < 4.78 is 0. The third-order valence-corrected chi connectivity index (χ3v) is 7.27. The number of aryl methyl sites for hydroxylation is 1. The van der Waals surface area contributed by atoms with Gasteiger partial charge < -0.3 is 0 Å². The Balaban J connectivity index is 1.87. The number of hydrogen-bond acceptors (Lipinski definition) is 3. The van der Waals surface area contributed by atoms with Gasteiger partial charge in [-0.05, 0) is 41.4 Å². The summed E-state index contributed by atoms with van der Waals surface area (Å²) in [5.41, 5.74) is 9.18. The predicted octanol–water partition coefficient (Wildman–Crippen LogP) is 9.57. The van der Waals surface area contributed by atoms with Crippen molar-refractivity contribution in [3.8, 4) is 10.6 Å². The van der Waals surface area contributed by atoms with E-state index in [0.717, 1.165) is 39.6 Å². The van der Waals surface area contributed by atoms with E-state index in [1.54, 1.807) is 11.3 Å². The molecule has 0 N–H and O–H groups in total. The normalized spacial score (nSPS) is 12.0. The van der Waals surface area contributed by atoms with Crippen LogP contribution in [0.4, 0.5) is 5.69 Å². The summed E-state index contributed by atoms with van der Waals surface area (Å²) in [5, 5.41) is 3.17. The fourth-order valence-electron chi connectivity index (χ4n) is 4.33. The molecule has 0 radical (unpaired) electrons. The third kappa shape index (κ3) is 5.97. The molecule has 0 spiro atoms. The van der Waals surface area contributed by atoms with E-state index < -0.39 is 0 Å². The molecule has 0 saturated heterocycles. The van der Waals surface area contributed by atoms with Crippen LogP contribution >= 0.6 is 11.3 Å². The van der Waals surface area contributed by atoms with Crippen molar-refractivity contribution >= 4 is 22.7 Å². The van der Waals surface area contributed by atoms with Crippen LogP contribution in [0.5, 0.6) is 0 Å². The summed E-state index contributed by atoms with van der Waals surface area (Å²) in [6, 6.07) is 26.0. The summed E-state index contributed by atoms with van der Waals surface area (Å²) in [4.78, 5) is 10.5. The maximum atomic E-state index is 5.40. The van der Waals surface area contributed by atoms with Crippen LogP contribution in [0.3, 0.4) is 0 Å². The first kappa shape index (κ1) is 25.1. The zero-order chi connectivity index (χ0) is 24.8. The molecule has 0 amide bonds. The van der Waals surface area contributed by atoms with Crippen molar-refractivity contribution in [3.63, 3.8) is 0 Å². The highest BCUT2D eigenvalue weighted by Crippen LogP contribution is 2.36. The molecule has 0 fully saturated rings. The molecule has 0 aliphatic rings. The molecule has 0 atom stereocenters. The number of rotatable bonds is 9. The van der Waals surface area contributed by atoms with Gasteiger partial charge >= 0.3 is 0 Å². The molecule has 4 aromatic rings. The number of thiazole rings is 1. The molecule has 0 unspecified atom stereocenters. The molecule has 3 aromatic carbocycles. The van der Waals surface area contributed by atoms with Gasteiger partial charge in [-0.2, -0.15) is 0 Å². The average molecular weight is 481 g/mol. The Hall–Kier alpha value is -3.04. The monoisotopic (exact) mass is 480 g/mol. The van der Waals surface area contributed by atoms with E-state index in [9.17, 15) is 0 Å². The largest absolute Gasteiger partial charge is 0.246 e. The molecule has 0 bridgehead atoms. The highest BCUT2D eigenvalue weighted by molar-refractivity contribution is 7.13. The Morgan fingerprint density at radius 1 is 0.829 bits per heavy atom. The average Bonchev–Trinajstić information content (AvgIpc) is 3.36. The fourth-order valence-corrected chi connectivity index (χ4v) is 5.14. The van der Waals surface area contributed by atoms with Crippen molar-refractivity contribution in [2.75, 3.05) is 0 Å². The highest BCUT2D eigenvalue weighted by Gasteiger charge is 2.18. The summed E-state index contributed by atoms with van der Waals surface area (Å²) in [6.45, 7) is 11.2. The van der Waals surface area contributed by atoms with Crippen molar-refractivity contribution in [2.24, 2.45) is 4.99 Å². The molecule has 0 saturated carbocycles. The first-order valence-corrected chi connectivity index (χ1v) is 13.7. The van der Waals surface area contributed by atoms with E-state index in [1.807, 2.05) is 6.07 Å². The van der Waals surface area contributed by atoms with E-state index in [1.165, 1.54) is 29.5 Å². The zero-order valence-corrected chi connectivity index (χ0v) is 22.4. The SMILES string of the molecule is CCCCc1ccc(/C(=N\c2c(C(C)C)cccc2C(C)C)c2csc(-c3ccccc3)n2)cc1. The van der Waals surface area contributed by atoms with Gasteiger partial charge in [0.1, 0.15) is 10.7 Å². The van der Waals surface area contributed by atoms with Gasteiger partial charge in [0.2, 0.25) is 0 Å². The van der Waals surface area contributed by atoms with Gasteiger partial charge in [-0.3, -0.25) is 0 Å². The highest BCUT2D eigenvalue weighted by atomic mass is 32.1. The lowest BCUT2D eigenvalue weighted by Gasteiger charge is -2.17. The lowest BCUT2D eigenvalue weighted by molar-refractivity contribution is 0.795. The Labute approximate surface area is 214 Å². The molecule has 0 aliphatic heterocycles. The topological polar surface area (TPSA) is 25.2 Å². The first-order valence-electron chi connectivity index (χ1n) is 12.8. The van der Waals surface area contributed by atoms with Crippen LogP contribution in [0.1, 0.15) is 87.2 Å². The number of aromatic nitrogens is 1. The minimum atomic E-state index is 0.389. The van der Waals surface area contributed by atoms with Crippen molar-refractivity contribution in [1.29, 1.82) is 0 Å². The maximum Gasteiger partial charge on any atom is 0.124 e. The van der Waals surface area contributed by atoms with Gasteiger partial charge in [-0.15, -0.1) is 11.3 Å². The Morgan fingerprint density at radius 3 is 2.09 bits per heavy atom. The summed E-state index contributed by atoms with van der Waals surface area (Å²) in [6.07, 6.45) is 3.54. The number of hydrogen-bond donors (Lipinski definition) is 0. The van der Waals surface area contributed by atoms with Gasteiger partial charge in [0.15, 0.2) is 0 Å². The number of unbranched alkanes of at least 4 members (excludes halogenated alkanes) is 1. The maximum absolute atomic E-state index is 5.40. The molecule has 2 nitrogen and oxygen atoms in total. The second-order valence-electron chi connectivity index (χ2n) is 9.76. The van der Waals surface area contributed by atoms with Crippen molar-refractivity contribution in [3.05, 3.63) is 106 Å². The quantitative estimate of drug-likeness (QED) is 0.219. The molecule has 35 heavy (non-hydrogen) atoms. The smallest absolute Gasteiger partial charge is 0.124 e. The van der Waals surface area contributed by atoms with Crippen LogP contribution in [0.15, 0.2) is 83.2 Å². The van der Waals surface area contributed by atoms with Gasteiger partial charge in [-0.25, -0.2) is 9.98 Å². The van der Waals surface area contributed by atoms with Crippen LogP contribution in [-0.4, -0.2) is 10.7 Å². The third-order valence-electron chi connectivity index (χ3n) is 6.38. The molecule has 180 valence electrons. The Bertz CT molecular complexity index is 1240. The molecule has 0 aliphatic carbocycles. The van der Waals surface area contributed by atoms with Gasteiger partial charge in [0, 0.05) is 16.5 Å². The van der Waals surface area contributed by atoms with Gasteiger partial charge in [0.05, 0.1) is 11.4 Å². The van der Waals surface area contributed by atoms with E-state index in [4.69, 9.17) is 9.98 Å². The van der Waals surface area contributed by atoms with E-state index in [2.05, 4.69) is 107 Å². The van der Waals surface area contributed by atoms with Crippen molar-refractivity contribution in [2.45, 2.75) is 65.7 Å². The second-order valence-corrected chi connectivity index (χ2v) is 10.6. The minimum absolute atomic E-state index is 0.389. The Kier molecular flexibility index (Phi) is 8.30. The van der Waals surface area contributed by atoms with Crippen molar-refractivity contribution < 1.29 is 0 Å². The molecule has 4 rings (SSSR count). The predicted molar refractivity (Wildman–Crippen MR) is 153 cm³/mol. The lowest BCUT2D eigenvalue weighted by Crippen LogP contribution is -2.06. The summed E-state index contributed by atoms with van der Waals surface area (Å²) in [7, 11) is 0. The van der Waals surface area contributed by atoms with Gasteiger partial charge in [0.25, 0.3) is 0 Å².